The molecule has 1 aliphatic rings. The van der Waals surface area contributed by atoms with Crippen LogP contribution in [0.25, 0.3) is 0 Å². The van der Waals surface area contributed by atoms with Crippen molar-refractivity contribution in [3.8, 4) is 0 Å². The summed E-state index contributed by atoms with van der Waals surface area (Å²) in [4.78, 5) is 13.1. The molecule has 3 nitrogen and oxygen atoms in total. The number of ketones is 1. The second kappa shape index (κ2) is 5.47. The molecule has 0 spiro atoms. The molecule has 0 unspecified atom stereocenters. The maximum atomic E-state index is 10.6. The Labute approximate surface area is 86.4 Å². The summed E-state index contributed by atoms with van der Waals surface area (Å²) >= 11 is 0. The largest absolute Gasteiger partial charge is 0.381 e. The lowest BCUT2D eigenvalue weighted by molar-refractivity contribution is -0.118. The van der Waals surface area contributed by atoms with Crippen LogP contribution in [0.3, 0.4) is 0 Å². The van der Waals surface area contributed by atoms with Crippen molar-refractivity contribution >= 4 is 5.78 Å². The van der Waals surface area contributed by atoms with Crippen LogP contribution in [0.4, 0.5) is 0 Å². The van der Waals surface area contributed by atoms with Crippen LogP contribution in [-0.2, 0) is 9.53 Å². The van der Waals surface area contributed by atoms with Gasteiger partial charge in [-0.3, -0.25) is 4.79 Å². The van der Waals surface area contributed by atoms with Crippen molar-refractivity contribution < 1.29 is 9.53 Å². The lowest BCUT2D eigenvalue weighted by Crippen LogP contribution is -2.51. The summed E-state index contributed by atoms with van der Waals surface area (Å²) in [6, 6.07) is 0.656. The van der Waals surface area contributed by atoms with Gasteiger partial charge in [0.25, 0.3) is 0 Å². The van der Waals surface area contributed by atoms with Gasteiger partial charge >= 0.3 is 0 Å². The van der Waals surface area contributed by atoms with Crippen molar-refractivity contribution in [2.75, 3.05) is 26.3 Å². The molecule has 1 rings (SSSR count). The second-order valence-corrected chi connectivity index (χ2v) is 4.44. The van der Waals surface area contributed by atoms with E-state index in [0.717, 1.165) is 19.7 Å². The first-order valence-corrected chi connectivity index (χ1v) is 5.41. The summed E-state index contributed by atoms with van der Waals surface area (Å²) < 4.78 is 5.43. The molecule has 1 saturated heterocycles. The van der Waals surface area contributed by atoms with Crippen molar-refractivity contribution in [2.45, 2.75) is 33.2 Å². The van der Waals surface area contributed by atoms with E-state index in [0.29, 0.717) is 25.0 Å². The normalized spacial score (nSPS) is 18.6. The molecule has 0 amide bonds. The fourth-order valence-electron chi connectivity index (χ4n) is 1.60. The molecule has 0 atom stereocenters. The van der Waals surface area contributed by atoms with Crippen LogP contribution in [0.5, 0.6) is 0 Å². The molecule has 1 fully saturated rings. The number of ether oxygens (including phenoxy) is 1. The minimum absolute atomic E-state index is 0.211. The van der Waals surface area contributed by atoms with Gasteiger partial charge < -0.3 is 9.64 Å². The van der Waals surface area contributed by atoms with Gasteiger partial charge in [0.15, 0.2) is 0 Å². The highest BCUT2D eigenvalue weighted by atomic mass is 16.5. The van der Waals surface area contributed by atoms with Crippen LogP contribution in [0, 0.1) is 5.92 Å². The first-order valence-electron chi connectivity index (χ1n) is 5.41. The van der Waals surface area contributed by atoms with E-state index in [1.807, 2.05) is 0 Å². The van der Waals surface area contributed by atoms with E-state index >= 15 is 0 Å². The highest BCUT2D eigenvalue weighted by molar-refractivity contribution is 5.75. The Morgan fingerprint density at radius 1 is 1.50 bits per heavy atom. The molecule has 0 bridgehead atoms. The molecule has 0 aromatic carbocycles. The van der Waals surface area contributed by atoms with Gasteiger partial charge in [-0.25, -0.2) is 0 Å². The number of likely N-dealkylation sites (tertiary alicyclic amines) is 1. The quantitative estimate of drug-likeness (QED) is 0.604. The maximum absolute atomic E-state index is 10.6. The third-order valence-corrected chi connectivity index (χ3v) is 2.67. The third-order valence-electron chi connectivity index (χ3n) is 2.67. The Bertz CT molecular complexity index is 186. The van der Waals surface area contributed by atoms with Gasteiger partial charge in [0.2, 0.25) is 0 Å². The number of hydrogen-bond donors (Lipinski definition) is 0. The smallest absolute Gasteiger partial charge is 0.132 e. The molecule has 0 saturated carbocycles. The minimum Gasteiger partial charge on any atom is -0.381 e. The Balaban J connectivity index is 1.93. The SMILES string of the molecule is CC(=O)CCOCC1CN(C(C)C)C1. The molecule has 3 heteroatoms. The van der Waals surface area contributed by atoms with Crippen LogP contribution in [0.15, 0.2) is 0 Å². The first kappa shape index (κ1) is 11.7. The van der Waals surface area contributed by atoms with Gasteiger partial charge in [-0.1, -0.05) is 0 Å². The molecule has 0 N–H and O–H groups in total. The zero-order valence-electron chi connectivity index (χ0n) is 9.45. The zero-order valence-corrected chi connectivity index (χ0v) is 9.45. The Morgan fingerprint density at radius 3 is 2.64 bits per heavy atom. The molecule has 0 radical (unpaired) electrons. The monoisotopic (exact) mass is 199 g/mol. The average molecular weight is 199 g/mol. The van der Waals surface area contributed by atoms with Gasteiger partial charge in [-0.2, -0.15) is 0 Å². The highest BCUT2D eigenvalue weighted by Gasteiger charge is 2.28. The van der Waals surface area contributed by atoms with E-state index in [9.17, 15) is 4.79 Å². The fraction of sp³-hybridized carbons (Fsp3) is 0.909. The molecule has 0 aliphatic carbocycles. The van der Waals surface area contributed by atoms with Gasteiger partial charge in [0.05, 0.1) is 13.2 Å². The molecular weight excluding hydrogens is 178 g/mol. The van der Waals surface area contributed by atoms with Crippen molar-refractivity contribution in [3.05, 3.63) is 0 Å². The maximum Gasteiger partial charge on any atom is 0.132 e. The predicted molar refractivity (Wildman–Crippen MR) is 56.3 cm³/mol. The molecular formula is C11H21NO2. The van der Waals surface area contributed by atoms with Crippen molar-refractivity contribution in [2.24, 2.45) is 5.92 Å². The fourth-order valence-corrected chi connectivity index (χ4v) is 1.60. The number of hydrogen-bond acceptors (Lipinski definition) is 3. The van der Waals surface area contributed by atoms with E-state index < -0.39 is 0 Å². The van der Waals surface area contributed by atoms with Crippen LogP contribution >= 0.6 is 0 Å². The number of Topliss-reactive ketones (excluding diaryl/α,β-unsaturated/α-hetero) is 1. The molecule has 14 heavy (non-hydrogen) atoms. The van der Waals surface area contributed by atoms with E-state index in [-0.39, 0.29) is 5.78 Å². The Hall–Kier alpha value is -0.410. The molecule has 1 aliphatic heterocycles. The number of rotatable bonds is 6. The van der Waals surface area contributed by atoms with Gasteiger partial charge in [-0.05, 0) is 20.8 Å². The summed E-state index contributed by atoms with van der Waals surface area (Å²) in [5.74, 6) is 0.895. The average Bonchev–Trinajstić information content (AvgIpc) is 1.98. The van der Waals surface area contributed by atoms with E-state index in [1.165, 1.54) is 0 Å². The summed E-state index contributed by atoms with van der Waals surface area (Å²) in [6.07, 6.45) is 0.556. The third kappa shape index (κ3) is 3.76. The number of carbonyl (C=O) groups is 1. The highest BCUT2D eigenvalue weighted by Crippen LogP contribution is 2.18. The minimum atomic E-state index is 0.211. The van der Waals surface area contributed by atoms with Crippen LogP contribution < -0.4 is 0 Å². The van der Waals surface area contributed by atoms with Crippen molar-refractivity contribution in [3.63, 3.8) is 0 Å². The summed E-state index contributed by atoms with van der Waals surface area (Å²) in [5, 5.41) is 0. The zero-order chi connectivity index (χ0) is 10.6. The van der Waals surface area contributed by atoms with E-state index in [4.69, 9.17) is 4.74 Å². The summed E-state index contributed by atoms with van der Waals surface area (Å²) in [6.45, 7) is 9.74. The van der Waals surface area contributed by atoms with Gasteiger partial charge in [0, 0.05) is 31.5 Å². The number of carbonyl (C=O) groups excluding carboxylic acids is 1. The van der Waals surface area contributed by atoms with Crippen LogP contribution in [0.1, 0.15) is 27.2 Å². The Kier molecular flexibility index (Phi) is 4.55. The second-order valence-electron chi connectivity index (χ2n) is 4.44. The molecule has 0 aromatic rings. The van der Waals surface area contributed by atoms with E-state index in [2.05, 4.69) is 18.7 Å². The van der Waals surface area contributed by atoms with Gasteiger partial charge in [0.1, 0.15) is 5.78 Å². The molecule has 1 heterocycles. The number of nitrogens with zero attached hydrogens (tertiary/aromatic N) is 1. The molecule has 0 aromatic heterocycles. The summed E-state index contributed by atoms with van der Waals surface area (Å²) in [5.41, 5.74) is 0. The lowest BCUT2D eigenvalue weighted by Gasteiger charge is -2.41. The van der Waals surface area contributed by atoms with Crippen LogP contribution in [0.2, 0.25) is 0 Å². The van der Waals surface area contributed by atoms with Crippen molar-refractivity contribution in [1.82, 2.24) is 4.90 Å². The lowest BCUT2D eigenvalue weighted by atomic mass is 9.99. The molecule has 82 valence electrons. The Morgan fingerprint density at radius 2 is 2.14 bits per heavy atom. The first-order chi connectivity index (χ1) is 6.59. The topological polar surface area (TPSA) is 29.5 Å². The van der Waals surface area contributed by atoms with Crippen molar-refractivity contribution in [1.29, 1.82) is 0 Å². The van der Waals surface area contributed by atoms with E-state index in [1.54, 1.807) is 6.92 Å². The van der Waals surface area contributed by atoms with Gasteiger partial charge in [-0.15, -0.1) is 0 Å². The summed E-state index contributed by atoms with van der Waals surface area (Å²) in [7, 11) is 0. The van der Waals surface area contributed by atoms with Crippen LogP contribution in [-0.4, -0.2) is 43.0 Å². The standard InChI is InChI=1S/C11H21NO2/c1-9(2)12-6-11(7-12)8-14-5-4-10(3)13/h9,11H,4-8H2,1-3H3. The predicted octanol–water partition coefficient (Wildman–Crippen LogP) is 1.32.